The van der Waals surface area contributed by atoms with Gasteiger partial charge in [-0.15, -0.1) is 0 Å². The van der Waals surface area contributed by atoms with Crippen LogP contribution < -0.4 is 0 Å². The summed E-state index contributed by atoms with van der Waals surface area (Å²) in [6, 6.07) is 21.8. The molecule has 2 aromatic carbocycles. The Morgan fingerprint density at radius 1 is 0.950 bits per heavy atom. The molecule has 2 nitrogen and oxygen atoms in total. The first-order chi connectivity index (χ1) is 9.83. The molecule has 1 fully saturated rings. The molecule has 2 atom stereocenters. The Kier molecular flexibility index (Phi) is 4.14. The lowest BCUT2D eigenvalue weighted by Gasteiger charge is -2.28. The van der Waals surface area contributed by atoms with Gasteiger partial charge >= 0.3 is 0 Å². The van der Waals surface area contributed by atoms with Crippen LogP contribution in [0.4, 0.5) is 0 Å². The maximum absolute atomic E-state index is 5.48. The molecule has 0 spiro atoms. The van der Waals surface area contributed by atoms with Crippen molar-refractivity contribution < 1.29 is 4.74 Å². The topological polar surface area (TPSA) is 15.8 Å². The van der Waals surface area contributed by atoms with Crippen LogP contribution in [0.15, 0.2) is 60.7 Å². The molecule has 1 aliphatic heterocycles. The zero-order valence-electron chi connectivity index (χ0n) is 11.9. The Balaban J connectivity index is 1.73. The van der Waals surface area contributed by atoms with E-state index in [-0.39, 0.29) is 0 Å². The Hall–Kier alpha value is -1.64. The van der Waals surface area contributed by atoms with E-state index in [1.807, 2.05) is 0 Å². The summed E-state index contributed by atoms with van der Waals surface area (Å²) in [7, 11) is 0. The average Bonchev–Trinajstić information content (AvgIpc) is 3.33. The standard InChI is InChI=1S/C18H21NO/c1-15(18-14-20-18)19(12-16-8-4-2-5-9-16)13-17-10-6-3-7-11-17/h2-11,15,18H,12-14H2,1H3/t15?,18-/m1/s1. The Bertz CT molecular complexity index is 480. The molecule has 2 aromatic rings. The summed E-state index contributed by atoms with van der Waals surface area (Å²) in [5.74, 6) is 0. The average molecular weight is 267 g/mol. The van der Waals surface area contributed by atoms with Crippen LogP contribution in [-0.2, 0) is 17.8 Å². The molecule has 0 aliphatic carbocycles. The first-order valence-corrected chi connectivity index (χ1v) is 7.26. The highest BCUT2D eigenvalue weighted by Crippen LogP contribution is 2.22. The van der Waals surface area contributed by atoms with Gasteiger partial charge in [-0.25, -0.2) is 0 Å². The highest BCUT2D eigenvalue weighted by atomic mass is 16.6. The third kappa shape index (κ3) is 3.47. The molecule has 0 N–H and O–H groups in total. The number of hydrogen-bond donors (Lipinski definition) is 0. The van der Waals surface area contributed by atoms with Gasteiger partial charge in [-0.3, -0.25) is 4.90 Å². The molecule has 0 saturated carbocycles. The Labute approximate surface area is 121 Å². The summed E-state index contributed by atoms with van der Waals surface area (Å²) >= 11 is 0. The highest BCUT2D eigenvalue weighted by Gasteiger charge is 2.33. The van der Waals surface area contributed by atoms with Crippen LogP contribution in [0, 0.1) is 0 Å². The van der Waals surface area contributed by atoms with E-state index in [0.717, 1.165) is 19.7 Å². The van der Waals surface area contributed by atoms with Crippen LogP contribution in [0.1, 0.15) is 18.1 Å². The second kappa shape index (κ2) is 6.21. The minimum Gasteiger partial charge on any atom is -0.371 e. The smallest absolute Gasteiger partial charge is 0.0962 e. The Morgan fingerprint density at radius 3 is 1.80 bits per heavy atom. The summed E-state index contributed by atoms with van der Waals surface area (Å²) in [4.78, 5) is 2.50. The number of epoxide rings is 1. The zero-order chi connectivity index (χ0) is 13.8. The number of ether oxygens (including phenoxy) is 1. The number of rotatable bonds is 6. The summed E-state index contributed by atoms with van der Waals surface area (Å²) < 4.78 is 5.48. The maximum atomic E-state index is 5.48. The minimum absolute atomic E-state index is 0.405. The van der Waals surface area contributed by atoms with Crippen LogP contribution in [0.25, 0.3) is 0 Å². The molecule has 1 saturated heterocycles. The molecule has 0 amide bonds. The molecule has 1 heterocycles. The van der Waals surface area contributed by atoms with E-state index in [1.165, 1.54) is 11.1 Å². The van der Waals surface area contributed by atoms with Crippen LogP contribution in [-0.4, -0.2) is 23.7 Å². The molecule has 0 radical (unpaired) electrons. The van der Waals surface area contributed by atoms with E-state index in [4.69, 9.17) is 4.74 Å². The third-order valence-electron chi connectivity index (χ3n) is 3.93. The first-order valence-electron chi connectivity index (χ1n) is 7.26. The third-order valence-corrected chi connectivity index (χ3v) is 3.93. The van der Waals surface area contributed by atoms with Crippen molar-refractivity contribution in [3.63, 3.8) is 0 Å². The van der Waals surface area contributed by atoms with Crippen molar-refractivity contribution in [1.82, 2.24) is 4.90 Å². The first kappa shape index (κ1) is 13.3. The fourth-order valence-corrected chi connectivity index (χ4v) is 2.55. The van der Waals surface area contributed by atoms with Crippen molar-refractivity contribution in [1.29, 1.82) is 0 Å². The summed E-state index contributed by atoms with van der Waals surface area (Å²) in [5.41, 5.74) is 2.71. The van der Waals surface area contributed by atoms with Gasteiger partial charge in [0.25, 0.3) is 0 Å². The lowest BCUT2D eigenvalue weighted by Crippen LogP contribution is -2.36. The molecule has 2 heteroatoms. The Morgan fingerprint density at radius 2 is 1.40 bits per heavy atom. The monoisotopic (exact) mass is 267 g/mol. The fraction of sp³-hybridized carbons (Fsp3) is 0.333. The molecule has 1 unspecified atom stereocenters. The second-order valence-corrected chi connectivity index (χ2v) is 5.49. The van der Waals surface area contributed by atoms with Gasteiger partial charge in [0.1, 0.15) is 0 Å². The second-order valence-electron chi connectivity index (χ2n) is 5.49. The maximum Gasteiger partial charge on any atom is 0.0962 e. The molecule has 0 bridgehead atoms. The van der Waals surface area contributed by atoms with E-state index in [0.29, 0.717) is 12.1 Å². The molecular weight excluding hydrogens is 246 g/mol. The van der Waals surface area contributed by atoms with Crippen molar-refractivity contribution in [2.45, 2.75) is 32.2 Å². The van der Waals surface area contributed by atoms with Crippen molar-refractivity contribution in [2.75, 3.05) is 6.61 Å². The summed E-state index contributed by atoms with van der Waals surface area (Å²) in [5, 5.41) is 0. The molecule has 1 aliphatic rings. The SMILES string of the molecule is CC([C@H]1CO1)N(Cc1ccccc1)Cc1ccccc1. The van der Waals surface area contributed by atoms with Crippen LogP contribution in [0.2, 0.25) is 0 Å². The van der Waals surface area contributed by atoms with Crippen LogP contribution in [0.5, 0.6) is 0 Å². The largest absolute Gasteiger partial charge is 0.371 e. The van der Waals surface area contributed by atoms with E-state index >= 15 is 0 Å². The molecular formula is C18H21NO. The van der Waals surface area contributed by atoms with E-state index in [1.54, 1.807) is 0 Å². The van der Waals surface area contributed by atoms with Crippen LogP contribution >= 0.6 is 0 Å². The van der Waals surface area contributed by atoms with Crippen molar-refractivity contribution in [3.05, 3.63) is 71.8 Å². The van der Waals surface area contributed by atoms with Gasteiger partial charge in [0.05, 0.1) is 12.7 Å². The number of hydrogen-bond acceptors (Lipinski definition) is 2. The summed E-state index contributed by atoms with van der Waals surface area (Å²) in [6.45, 7) is 5.11. The highest BCUT2D eigenvalue weighted by molar-refractivity contribution is 5.17. The quantitative estimate of drug-likeness (QED) is 0.745. The van der Waals surface area contributed by atoms with Crippen LogP contribution in [0.3, 0.4) is 0 Å². The van der Waals surface area contributed by atoms with Crippen molar-refractivity contribution in [2.24, 2.45) is 0 Å². The predicted molar refractivity (Wildman–Crippen MR) is 81.3 cm³/mol. The van der Waals surface area contributed by atoms with E-state index in [9.17, 15) is 0 Å². The van der Waals surface area contributed by atoms with E-state index < -0.39 is 0 Å². The van der Waals surface area contributed by atoms with Crippen molar-refractivity contribution >= 4 is 0 Å². The number of nitrogens with zero attached hydrogens (tertiary/aromatic N) is 1. The van der Waals surface area contributed by atoms with Gasteiger partial charge in [0, 0.05) is 19.1 Å². The van der Waals surface area contributed by atoms with Crippen molar-refractivity contribution in [3.8, 4) is 0 Å². The molecule has 20 heavy (non-hydrogen) atoms. The molecule has 104 valence electrons. The van der Waals surface area contributed by atoms with Gasteiger partial charge in [-0.05, 0) is 18.1 Å². The fourth-order valence-electron chi connectivity index (χ4n) is 2.55. The molecule has 0 aromatic heterocycles. The zero-order valence-corrected chi connectivity index (χ0v) is 11.9. The van der Waals surface area contributed by atoms with Gasteiger partial charge in [0.2, 0.25) is 0 Å². The molecule has 3 rings (SSSR count). The van der Waals surface area contributed by atoms with Gasteiger partial charge in [0.15, 0.2) is 0 Å². The summed E-state index contributed by atoms with van der Waals surface area (Å²) in [6.07, 6.45) is 0.405. The number of benzene rings is 2. The minimum atomic E-state index is 0.405. The van der Waals surface area contributed by atoms with E-state index in [2.05, 4.69) is 72.5 Å². The van der Waals surface area contributed by atoms with Gasteiger partial charge < -0.3 is 4.74 Å². The van der Waals surface area contributed by atoms with Gasteiger partial charge in [-0.2, -0.15) is 0 Å². The van der Waals surface area contributed by atoms with Gasteiger partial charge in [-0.1, -0.05) is 60.7 Å². The predicted octanol–water partition coefficient (Wildman–Crippen LogP) is 3.48. The lowest BCUT2D eigenvalue weighted by molar-refractivity contribution is 0.157. The normalized spacial score (nSPS) is 19.0. The lowest BCUT2D eigenvalue weighted by atomic mass is 10.1.